The van der Waals surface area contributed by atoms with Crippen LogP contribution in [0.25, 0.3) is 0 Å². The Kier molecular flexibility index (Phi) is 4.90. The van der Waals surface area contributed by atoms with Crippen molar-refractivity contribution in [2.24, 2.45) is 5.92 Å². The van der Waals surface area contributed by atoms with Crippen LogP contribution in [-0.4, -0.2) is 28.7 Å². The maximum atomic E-state index is 13.4. The summed E-state index contributed by atoms with van der Waals surface area (Å²) < 4.78 is 26.9. The van der Waals surface area contributed by atoms with Crippen molar-refractivity contribution in [2.75, 3.05) is 5.88 Å². The molecule has 126 valence electrons. The van der Waals surface area contributed by atoms with Crippen LogP contribution in [0.2, 0.25) is 0 Å². The lowest BCUT2D eigenvalue weighted by atomic mass is 9.81. The molecule has 1 saturated carbocycles. The van der Waals surface area contributed by atoms with E-state index in [2.05, 4.69) is 0 Å². The monoisotopic (exact) mass is 341 g/mol. The van der Waals surface area contributed by atoms with Crippen molar-refractivity contribution in [2.45, 2.75) is 56.5 Å². The fraction of sp³-hybridized carbons (Fsp3) is 0.611. The molecule has 1 aromatic carbocycles. The second-order valence-electron chi connectivity index (χ2n) is 6.68. The van der Waals surface area contributed by atoms with Gasteiger partial charge in [-0.25, -0.2) is 8.78 Å². The quantitative estimate of drug-likeness (QED) is 0.721. The molecular weight excluding hydrogens is 320 g/mol. The third-order valence-corrected chi connectivity index (χ3v) is 5.56. The van der Waals surface area contributed by atoms with Gasteiger partial charge in [-0.05, 0) is 30.7 Å². The number of nitrogens with zero attached hydrogens (tertiary/aromatic N) is 1. The minimum Gasteiger partial charge on any atom is -0.331 e. The van der Waals surface area contributed by atoms with Crippen molar-refractivity contribution in [3.63, 3.8) is 0 Å². The number of carbonyl (C=O) groups is 1. The number of carbonyl (C=O) groups excluding carboxylic acids is 1. The standard InChI is InChI=1S/C18H22ClF2NO/c19-12-16(13-4-2-1-3-5-13)22-15(6-7-17(22)23)14-8-10-18(20,21)11-9-14/h1-5,14-16H,6-12H2/t15-,16?/m0/s1. The minimum atomic E-state index is -2.53. The number of halogens is 3. The summed E-state index contributed by atoms with van der Waals surface area (Å²) in [4.78, 5) is 14.3. The van der Waals surface area contributed by atoms with Gasteiger partial charge in [-0.3, -0.25) is 4.79 Å². The summed E-state index contributed by atoms with van der Waals surface area (Å²) in [5.41, 5.74) is 1.02. The van der Waals surface area contributed by atoms with E-state index in [9.17, 15) is 13.6 Å². The predicted octanol–water partition coefficient (Wildman–Crippen LogP) is 4.78. The lowest BCUT2D eigenvalue weighted by Crippen LogP contribution is -2.43. The van der Waals surface area contributed by atoms with E-state index in [1.165, 1.54) is 0 Å². The Bertz CT molecular complexity index is 541. The fourth-order valence-corrected chi connectivity index (χ4v) is 4.37. The van der Waals surface area contributed by atoms with Crippen molar-refractivity contribution in [1.82, 2.24) is 4.90 Å². The van der Waals surface area contributed by atoms with Gasteiger partial charge >= 0.3 is 0 Å². The average Bonchev–Trinajstić information content (AvgIpc) is 2.91. The molecule has 1 heterocycles. The normalized spacial score (nSPS) is 26.5. The molecule has 0 spiro atoms. The van der Waals surface area contributed by atoms with Gasteiger partial charge in [0, 0.05) is 31.2 Å². The molecule has 2 nitrogen and oxygen atoms in total. The smallest absolute Gasteiger partial charge is 0.248 e. The molecule has 2 fully saturated rings. The van der Waals surface area contributed by atoms with Crippen LogP contribution in [0.1, 0.15) is 50.1 Å². The predicted molar refractivity (Wildman–Crippen MR) is 86.7 cm³/mol. The van der Waals surface area contributed by atoms with Gasteiger partial charge in [0.05, 0.1) is 6.04 Å². The second kappa shape index (κ2) is 6.76. The van der Waals surface area contributed by atoms with E-state index in [1.807, 2.05) is 35.2 Å². The van der Waals surface area contributed by atoms with E-state index >= 15 is 0 Å². The molecule has 0 aromatic heterocycles. The van der Waals surface area contributed by atoms with Crippen LogP contribution in [0, 0.1) is 5.92 Å². The van der Waals surface area contributed by atoms with Crippen LogP contribution in [0.4, 0.5) is 8.78 Å². The Labute approximate surface area is 140 Å². The van der Waals surface area contributed by atoms with E-state index in [-0.39, 0.29) is 36.8 Å². The molecule has 1 amide bonds. The molecule has 1 unspecified atom stereocenters. The maximum absolute atomic E-state index is 13.4. The van der Waals surface area contributed by atoms with Gasteiger partial charge < -0.3 is 4.90 Å². The Morgan fingerprint density at radius 2 is 1.83 bits per heavy atom. The highest BCUT2D eigenvalue weighted by molar-refractivity contribution is 6.18. The molecule has 2 atom stereocenters. The Morgan fingerprint density at radius 3 is 2.43 bits per heavy atom. The SMILES string of the molecule is O=C1CC[C@@H](C2CCC(F)(F)CC2)N1C(CCl)c1ccccc1. The molecule has 1 aliphatic heterocycles. The summed E-state index contributed by atoms with van der Waals surface area (Å²) in [5, 5.41) is 0. The summed E-state index contributed by atoms with van der Waals surface area (Å²) in [5.74, 6) is -1.94. The van der Waals surface area contributed by atoms with Gasteiger partial charge in [0.1, 0.15) is 0 Å². The molecule has 3 rings (SSSR count). The van der Waals surface area contributed by atoms with Gasteiger partial charge in [0.25, 0.3) is 0 Å². The molecular formula is C18H22ClF2NO. The number of amides is 1. The van der Waals surface area contributed by atoms with Gasteiger partial charge in [-0.15, -0.1) is 11.6 Å². The molecule has 0 N–H and O–H groups in total. The van der Waals surface area contributed by atoms with Gasteiger partial charge in [-0.2, -0.15) is 0 Å². The van der Waals surface area contributed by atoms with E-state index in [0.717, 1.165) is 12.0 Å². The van der Waals surface area contributed by atoms with E-state index in [1.54, 1.807) is 0 Å². The van der Waals surface area contributed by atoms with E-state index < -0.39 is 5.92 Å². The van der Waals surface area contributed by atoms with Crippen LogP contribution in [0.3, 0.4) is 0 Å². The molecule has 0 radical (unpaired) electrons. The number of likely N-dealkylation sites (tertiary alicyclic amines) is 1. The third-order valence-electron chi connectivity index (χ3n) is 5.27. The van der Waals surface area contributed by atoms with Crippen LogP contribution in [-0.2, 0) is 4.79 Å². The summed E-state index contributed by atoms with van der Waals surface area (Å²) in [6, 6.07) is 9.64. The van der Waals surface area contributed by atoms with Crippen molar-refractivity contribution < 1.29 is 13.6 Å². The Balaban J connectivity index is 1.79. The maximum Gasteiger partial charge on any atom is 0.248 e. The molecule has 0 bridgehead atoms. The minimum absolute atomic E-state index is 0.0440. The summed E-state index contributed by atoms with van der Waals surface area (Å²) >= 11 is 6.18. The van der Waals surface area contributed by atoms with Gasteiger partial charge in [0.15, 0.2) is 0 Å². The zero-order chi connectivity index (χ0) is 16.4. The third kappa shape index (κ3) is 3.52. The number of alkyl halides is 3. The number of hydrogen-bond donors (Lipinski definition) is 0. The highest BCUT2D eigenvalue weighted by atomic mass is 35.5. The first-order chi connectivity index (χ1) is 11.0. The first-order valence-corrected chi connectivity index (χ1v) is 8.85. The summed E-state index contributed by atoms with van der Waals surface area (Å²) in [6.45, 7) is 0. The van der Waals surface area contributed by atoms with Gasteiger partial charge in [-0.1, -0.05) is 30.3 Å². The average molecular weight is 342 g/mol. The van der Waals surface area contributed by atoms with Gasteiger partial charge in [0.2, 0.25) is 11.8 Å². The van der Waals surface area contributed by atoms with Crippen molar-refractivity contribution in [3.8, 4) is 0 Å². The number of hydrogen-bond acceptors (Lipinski definition) is 1. The molecule has 1 saturated heterocycles. The number of benzene rings is 1. The van der Waals surface area contributed by atoms with Crippen LogP contribution < -0.4 is 0 Å². The Hall–Kier alpha value is -1.16. The molecule has 23 heavy (non-hydrogen) atoms. The first kappa shape index (κ1) is 16.7. The molecule has 1 aliphatic carbocycles. The zero-order valence-electron chi connectivity index (χ0n) is 13.1. The molecule has 2 aliphatic rings. The topological polar surface area (TPSA) is 20.3 Å². The number of rotatable bonds is 4. The second-order valence-corrected chi connectivity index (χ2v) is 6.99. The van der Waals surface area contributed by atoms with Crippen LogP contribution >= 0.6 is 11.6 Å². The summed E-state index contributed by atoms with van der Waals surface area (Å²) in [7, 11) is 0. The molecule has 1 aromatic rings. The first-order valence-electron chi connectivity index (χ1n) is 8.32. The van der Waals surface area contributed by atoms with Crippen molar-refractivity contribution in [3.05, 3.63) is 35.9 Å². The highest BCUT2D eigenvalue weighted by Gasteiger charge is 2.44. The molecule has 5 heteroatoms. The van der Waals surface area contributed by atoms with E-state index in [0.29, 0.717) is 25.1 Å². The van der Waals surface area contributed by atoms with Crippen LogP contribution in [0.5, 0.6) is 0 Å². The fourth-order valence-electron chi connectivity index (χ4n) is 4.04. The Morgan fingerprint density at radius 1 is 1.17 bits per heavy atom. The van der Waals surface area contributed by atoms with Crippen LogP contribution in [0.15, 0.2) is 30.3 Å². The summed E-state index contributed by atoms with van der Waals surface area (Å²) in [6.07, 6.45) is 2.11. The zero-order valence-corrected chi connectivity index (χ0v) is 13.8. The lowest BCUT2D eigenvalue weighted by molar-refractivity contribution is -0.132. The highest BCUT2D eigenvalue weighted by Crippen LogP contribution is 2.43. The van der Waals surface area contributed by atoms with Crippen molar-refractivity contribution >= 4 is 17.5 Å². The van der Waals surface area contributed by atoms with E-state index in [4.69, 9.17) is 11.6 Å². The lowest BCUT2D eigenvalue weighted by Gasteiger charge is -2.39. The largest absolute Gasteiger partial charge is 0.331 e. The van der Waals surface area contributed by atoms with Crippen molar-refractivity contribution in [1.29, 1.82) is 0 Å².